The molecule has 1 aliphatic heterocycles. The van der Waals surface area contributed by atoms with E-state index in [0.29, 0.717) is 28.3 Å². The highest BCUT2D eigenvalue weighted by atomic mass is 32.1. The van der Waals surface area contributed by atoms with Gasteiger partial charge in [0.05, 0.1) is 17.4 Å². The van der Waals surface area contributed by atoms with Gasteiger partial charge in [-0.3, -0.25) is 9.48 Å². The summed E-state index contributed by atoms with van der Waals surface area (Å²) in [5.41, 5.74) is 6.29. The fraction of sp³-hybridized carbons (Fsp3) is 0.421. The first-order valence-electron chi connectivity index (χ1n) is 10.0. The Morgan fingerprint density at radius 2 is 2.03 bits per heavy atom. The van der Waals surface area contributed by atoms with Gasteiger partial charge in [-0.25, -0.2) is 23.5 Å². The zero-order valence-electron chi connectivity index (χ0n) is 18.1. The van der Waals surface area contributed by atoms with Crippen LogP contribution in [0.5, 0.6) is 0 Å². The van der Waals surface area contributed by atoms with Gasteiger partial charge in [0.15, 0.2) is 5.69 Å². The number of thiophene rings is 1. The van der Waals surface area contributed by atoms with E-state index in [9.17, 15) is 26.7 Å². The quantitative estimate of drug-likeness (QED) is 0.445. The predicted octanol–water partition coefficient (Wildman–Crippen LogP) is 3.18. The Morgan fingerprint density at radius 1 is 1.34 bits per heavy atom. The standard InChI is InChI=1S/C17H19F2N7OS.C2HF3O2/c1-25-7-11(14(24-25)15(18)19)22-16(27)10-8-28-17-13(10)23-12(5-21-17)26-4-2-3-9(20)6-26;3-2(4,5)1(6)7/h5,7-9,15H,2-4,6,20H2,1H3,(H,22,27);(H,6,7)/t9-;/m1./s1. The number of amides is 1. The molecule has 0 saturated carbocycles. The number of alkyl halides is 5. The number of anilines is 2. The molecule has 3 aromatic rings. The molecule has 3 aromatic heterocycles. The van der Waals surface area contributed by atoms with Crippen LogP contribution in [0.2, 0.25) is 0 Å². The lowest BCUT2D eigenvalue weighted by atomic mass is 10.1. The van der Waals surface area contributed by atoms with Crippen molar-refractivity contribution >= 4 is 45.1 Å². The Hall–Kier alpha value is -3.40. The molecule has 1 aliphatic rings. The minimum atomic E-state index is -5.08. The Labute approximate surface area is 198 Å². The number of hydrogen-bond donors (Lipinski definition) is 3. The molecule has 4 heterocycles. The lowest BCUT2D eigenvalue weighted by Gasteiger charge is -2.31. The maximum absolute atomic E-state index is 13.1. The summed E-state index contributed by atoms with van der Waals surface area (Å²) >= 11 is 1.28. The molecule has 1 saturated heterocycles. The number of aliphatic carboxylic acids is 1. The smallest absolute Gasteiger partial charge is 0.475 e. The summed E-state index contributed by atoms with van der Waals surface area (Å²) in [4.78, 5) is 33.3. The number of nitrogens with one attached hydrogen (secondary N) is 1. The summed E-state index contributed by atoms with van der Waals surface area (Å²) in [5, 5.41) is 15.0. The van der Waals surface area contributed by atoms with E-state index < -0.39 is 30.2 Å². The predicted molar refractivity (Wildman–Crippen MR) is 117 cm³/mol. The number of carbonyl (C=O) groups excluding carboxylic acids is 1. The SMILES string of the molecule is Cn1cc(NC(=O)c2csc3ncc(N4CCC[C@@H](N)C4)nc23)c(C(F)F)n1.O=C(O)C(F)(F)F. The molecule has 0 spiro atoms. The first-order valence-corrected chi connectivity index (χ1v) is 10.9. The number of carbonyl (C=O) groups is 2. The molecule has 0 radical (unpaired) electrons. The van der Waals surface area contributed by atoms with E-state index in [2.05, 4.69) is 25.3 Å². The Morgan fingerprint density at radius 3 is 2.63 bits per heavy atom. The van der Waals surface area contributed by atoms with Gasteiger partial charge in [0.2, 0.25) is 0 Å². The third-order valence-corrected chi connectivity index (χ3v) is 5.73. The number of fused-ring (bicyclic) bond motifs is 1. The number of rotatable bonds is 4. The Balaban J connectivity index is 0.000000429. The number of carboxylic acids is 1. The highest BCUT2D eigenvalue weighted by Crippen LogP contribution is 2.29. The van der Waals surface area contributed by atoms with Gasteiger partial charge in [0.25, 0.3) is 12.3 Å². The van der Waals surface area contributed by atoms with Gasteiger partial charge in [-0.05, 0) is 12.8 Å². The van der Waals surface area contributed by atoms with Crippen LogP contribution in [0.25, 0.3) is 10.3 Å². The number of hydrogen-bond acceptors (Lipinski definition) is 8. The first-order chi connectivity index (χ1) is 16.4. The molecule has 4 N–H and O–H groups in total. The molecule has 4 rings (SSSR count). The van der Waals surface area contributed by atoms with Crippen LogP contribution in [0.4, 0.5) is 33.5 Å². The summed E-state index contributed by atoms with van der Waals surface area (Å²) in [7, 11) is 1.52. The zero-order valence-corrected chi connectivity index (χ0v) is 18.9. The van der Waals surface area contributed by atoms with Crippen molar-refractivity contribution in [3.05, 3.63) is 29.0 Å². The van der Waals surface area contributed by atoms with Gasteiger partial charge < -0.3 is 21.1 Å². The van der Waals surface area contributed by atoms with Crippen LogP contribution in [0, 0.1) is 0 Å². The van der Waals surface area contributed by atoms with Gasteiger partial charge in [0, 0.05) is 37.8 Å². The van der Waals surface area contributed by atoms with Crippen molar-refractivity contribution in [1.82, 2.24) is 19.7 Å². The van der Waals surface area contributed by atoms with E-state index in [-0.39, 0.29) is 11.7 Å². The third-order valence-electron chi connectivity index (χ3n) is 4.85. The average Bonchev–Trinajstić information content (AvgIpc) is 3.36. The fourth-order valence-corrected chi connectivity index (χ4v) is 4.11. The molecule has 0 aromatic carbocycles. The van der Waals surface area contributed by atoms with Gasteiger partial charge >= 0.3 is 12.1 Å². The number of halogens is 5. The van der Waals surface area contributed by atoms with E-state index in [0.717, 1.165) is 19.4 Å². The van der Waals surface area contributed by atoms with Crippen LogP contribution in [0.3, 0.4) is 0 Å². The minimum Gasteiger partial charge on any atom is -0.475 e. The summed E-state index contributed by atoms with van der Waals surface area (Å²) < 4.78 is 59.2. The second-order valence-corrected chi connectivity index (χ2v) is 8.40. The van der Waals surface area contributed by atoms with Crippen LogP contribution in [-0.4, -0.2) is 62.0 Å². The van der Waals surface area contributed by atoms with Gasteiger partial charge in [-0.1, -0.05) is 0 Å². The monoisotopic (exact) mass is 521 g/mol. The number of nitrogens with two attached hydrogens (primary N) is 1. The molecule has 16 heteroatoms. The number of piperidine rings is 1. The third kappa shape index (κ3) is 6.39. The van der Waals surface area contributed by atoms with E-state index in [1.807, 2.05) is 0 Å². The summed E-state index contributed by atoms with van der Waals surface area (Å²) in [6, 6.07) is 0.0786. The average molecular weight is 521 g/mol. The number of carboxylic acid groups (broad SMARTS) is 1. The highest BCUT2D eigenvalue weighted by Gasteiger charge is 2.38. The maximum Gasteiger partial charge on any atom is 0.490 e. The van der Waals surface area contributed by atoms with Crippen LogP contribution in [0.1, 0.15) is 35.3 Å². The van der Waals surface area contributed by atoms with Crippen LogP contribution >= 0.6 is 11.3 Å². The zero-order chi connectivity index (χ0) is 25.9. The lowest BCUT2D eigenvalue weighted by Crippen LogP contribution is -2.43. The molecule has 35 heavy (non-hydrogen) atoms. The van der Waals surface area contributed by atoms with E-state index in [4.69, 9.17) is 15.6 Å². The van der Waals surface area contributed by atoms with Crippen molar-refractivity contribution in [1.29, 1.82) is 0 Å². The molecule has 0 aliphatic carbocycles. The molecule has 10 nitrogen and oxygen atoms in total. The van der Waals surface area contributed by atoms with Crippen molar-refractivity contribution in [2.45, 2.75) is 31.5 Å². The lowest BCUT2D eigenvalue weighted by molar-refractivity contribution is -0.192. The van der Waals surface area contributed by atoms with Crippen molar-refractivity contribution in [3.63, 3.8) is 0 Å². The van der Waals surface area contributed by atoms with Gasteiger partial charge in [-0.15, -0.1) is 11.3 Å². The van der Waals surface area contributed by atoms with Crippen molar-refractivity contribution in [2.75, 3.05) is 23.3 Å². The van der Waals surface area contributed by atoms with Crippen LogP contribution in [0.15, 0.2) is 17.8 Å². The molecule has 0 unspecified atom stereocenters. The van der Waals surface area contributed by atoms with E-state index in [1.54, 1.807) is 11.6 Å². The largest absolute Gasteiger partial charge is 0.490 e. The normalized spacial score (nSPS) is 16.2. The van der Waals surface area contributed by atoms with Crippen LogP contribution < -0.4 is 16.0 Å². The van der Waals surface area contributed by atoms with E-state index in [1.165, 1.54) is 29.3 Å². The molecule has 190 valence electrons. The Kier molecular flexibility index (Phi) is 7.84. The maximum atomic E-state index is 13.1. The molecule has 1 atom stereocenters. The van der Waals surface area contributed by atoms with E-state index >= 15 is 0 Å². The van der Waals surface area contributed by atoms with Gasteiger partial charge in [-0.2, -0.15) is 18.3 Å². The molecule has 1 fully saturated rings. The van der Waals surface area contributed by atoms with Crippen molar-refractivity contribution in [2.24, 2.45) is 12.8 Å². The highest BCUT2D eigenvalue weighted by molar-refractivity contribution is 7.17. The van der Waals surface area contributed by atoms with Gasteiger partial charge in [0.1, 0.15) is 16.2 Å². The summed E-state index contributed by atoms with van der Waals surface area (Å²) in [5.74, 6) is -2.62. The summed E-state index contributed by atoms with van der Waals surface area (Å²) in [6.45, 7) is 1.51. The van der Waals surface area contributed by atoms with Crippen LogP contribution in [-0.2, 0) is 11.8 Å². The number of nitrogens with zero attached hydrogens (tertiary/aromatic N) is 5. The minimum absolute atomic E-state index is 0.0204. The molecule has 1 amide bonds. The van der Waals surface area contributed by atoms with Crippen molar-refractivity contribution in [3.8, 4) is 0 Å². The number of aromatic nitrogens is 4. The topological polar surface area (TPSA) is 139 Å². The fourth-order valence-electron chi connectivity index (χ4n) is 3.29. The molecular formula is C19H20F5N7O3S. The molecular weight excluding hydrogens is 501 g/mol. The summed E-state index contributed by atoms with van der Waals surface area (Å²) in [6.07, 6.45) is -2.91. The Bertz CT molecular complexity index is 1210. The van der Waals surface area contributed by atoms with Crippen molar-refractivity contribution < 1.29 is 36.6 Å². The second kappa shape index (κ2) is 10.5. The molecule has 0 bridgehead atoms. The first kappa shape index (κ1) is 26.2. The second-order valence-electron chi connectivity index (χ2n) is 7.54. The number of aryl methyl sites for hydroxylation is 1.